The summed E-state index contributed by atoms with van der Waals surface area (Å²) in [6.07, 6.45) is 2.05. The number of methoxy groups -OCH3 is 1. The van der Waals surface area contributed by atoms with E-state index in [1.54, 1.807) is 23.9 Å². The van der Waals surface area contributed by atoms with Crippen molar-refractivity contribution in [1.29, 1.82) is 0 Å². The largest absolute Gasteiger partial charge is 0.465 e. The molecule has 88 valence electrons. The third-order valence-corrected chi connectivity index (χ3v) is 2.71. The Balaban J connectivity index is 2.77. The van der Waals surface area contributed by atoms with E-state index >= 15 is 0 Å². The smallest absolute Gasteiger partial charge is 0.340 e. The third kappa shape index (κ3) is 3.34. The van der Waals surface area contributed by atoms with Crippen molar-refractivity contribution in [2.45, 2.75) is 0 Å². The van der Waals surface area contributed by atoms with Crippen molar-refractivity contribution in [1.82, 2.24) is 0 Å². The van der Waals surface area contributed by atoms with Crippen LogP contribution in [0.1, 0.15) is 10.4 Å². The van der Waals surface area contributed by atoms with Gasteiger partial charge in [0, 0.05) is 23.7 Å². The summed E-state index contributed by atoms with van der Waals surface area (Å²) in [5, 5.41) is 3.21. The number of benzene rings is 1. The Labute approximate surface area is 99.5 Å². The number of hydrogen-bond donors (Lipinski definition) is 2. The van der Waals surface area contributed by atoms with E-state index in [-0.39, 0.29) is 0 Å². The van der Waals surface area contributed by atoms with Gasteiger partial charge in [0.1, 0.15) is 0 Å². The standard InChI is InChI=1S/C11H16N2O2S/c1-15-11(14)9-7-8(3-4-10(9)12)13-5-6-16-2/h3-4,7,13H,5-6,12H2,1-2H3. The highest BCUT2D eigenvalue weighted by atomic mass is 32.2. The number of ether oxygens (including phenoxy) is 1. The van der Waals surface area contributed by atoms with E-state index in [4.69, 9.17) is 5.73 Å². The van der Waals surface area contributed by atoms with Gasteiger partial charge in [-0.15, -0.1) is 0 Å². The fraction of sp³-hybridized carbons (Fsp3) is 0.364. The minimum Gasteiger partial charge on any atom is -0.465 e. The van der Waals surface area contributed by atoms with Gasteiger partial charge in [-0.2, -0.15) is 11.8 Å². The summed E-state index contributed by atoms with van der Waals surface area (Å²) in [5.74, 6) is 0.601. The lowest BCUT2D eigenvalue weighted by molar-refractivity contribution is 0.0602. The molecule has 0 unspecified atom stereocenters. The minimum absolute atomic E-state index is 0.400. The number of nitrogen functional groups attached to an aromatic ring is 1. The fourth-order valence-corrected chi connectivity index (χ4v) is 1.56. The maximum Gasteiger partial charge on any atom is 0.340 e. The molecule has 1 aromatic rings. The molecule has 4 nitrogen and oxygen atoms in total. The molecule has 0 bridgehead atoms. The van der Waals surface area contributed by atoms with Crippen LogP contribution in [0.2, 0.25) is 0 Å². The van der Waals surface area contributed by atoms with Gasteiger partial charge in [-0.05, 0) is 24.5 Å². The summed E-state index contributed by atoms with van der Waals surface area (Å²) in [6, 6.07) is 5.26. The lowest BCUT2D eigenvalue weighted by Crippen LogP contribution is -2.08. The maximum atomic E-state index is 11.4. The Morgan fingerprint density at radius 1 is 1.56 bits per heavy atom. The lowest BCUT2D eigenvalue weighted by Gasteiger charge is -2.08. The topological polar surface area (TPSA) is 64.3 Å². The van der Waals surface area contributed by atoms with Crippen molar-refractivity contribution in [2.24, 2.45) is 0 Å². The lowest BCUT2D eigenvalue weighted by atomic mass is 10.1. The van der Waals surface area contributed by atoms with E-state index in [1.807, 2.05) is 12.3 Å². The molecule has 0 saturated carbocycles. The van der Waals surface area contributed by atoms with E-state index < -0.39 is 5.97 Å². The number of thioether (sulfide) groups is 1. The Morgan fingerprint density at radius 3 is 2.94 bits per heavy atom. The molecule has 0 aliphatic carbocycles. The van der Waals surface area contributed by atoms with Crippen LogP contribution in [-0.2, 0) is 4.74 Å². The van der Waals surface area contributed by atoms with Crippen LogP contribution >= 0.6 is 11.8 Å². The van der Waals surface area contributed by atoms with Gasteiger partial charge in [-0.1, -0.05) is 0 Å². The number of carbonyl (C=O) groups is 1. The first kappa shape index (κ1) is 12.7. The van der Waals surface area contributed by atoms with Gasteiger partial charge in [0.25, 0.3) is 0 Å². The number of hydrogen-bond acceptors (Lipinski definition) is 5. The molecule has 0 aliphatic heterocycles. The Kier molecular flexibility index (Phi) is 4.98. The molecular formula is C11H16N2O2S. The summed E-state index contributed by atoms with van der Waals surface area (Å²) in [5.41, 5.74) is 7.40. The monoisotopic (exact) mass is 240 g/mol. The molecule has 0 heterocycles. The first-order chi connectivity index (χ1) is 7.69. The van der Waals surface area contributed by atoms with Crippen LogP contribution in [0.15, 0.2) is 18.2 Å². The Morgan fingerprint density at radius 2 is 2.31 bits per heavy atom. The average molecular weight is 240 g/mol. The number of nitrogens with two attached hydrogens (primary N) is 1. The van der Waals surface area contributed by atoms with Gasteiger partial charge in [0.15, 0.2) is 0 Å². The van der Waals surface area contributed by atoms with E-state index in [0.29, 0.717) is 11.3 Å². The fourth-order valence-electron chi connectivity index (χ4n) is 1.25. The van der Waals surface area contributed by atoms with Crippen molar-refractivity contribution >= 4 is 29.1 Å². The van der Waals surface area contributed by atoms with Crippen molar-refractivity contribution in [3.63, 3.8) is 0 Å². The molecule has 0 spiro atoms. The summed E-state index contributed by atoms with van der Waals surface area (Å²) in [4.78, 5) is 11.4. The number of carbonyl (C=O) groups excluding carboxylic acids is 1. The normalized spacial score (nSPS) is 9.88. The van der Waals surface area contributed by atoms with Crippen LogP contribution in [0.3, 0.4) is 0 Å². The second-order valence-electron chi connectivity index (χ2n) is 3.21. The molecule has 16 heavy (non-hydrogen) atoms. The Bertz CT molecular complexity index is 369. The molecule has 5 heteroatoms. The predicted molar refractivity (Wildman–Crippen MR) is 69.1 cm³/mol. The second-order valence-corrected chi connectivity index (χ2v) is 4.20. The third-order valence-electron chi connectivity index (χ3n) is 2.09. The van der Waals surface area contributed by atoms with Gasteiger partial charge >= 0.3 is 5.97 Å². The SMILES string of the molecule is COC(=O)c1cc(NCCSC)ccc1N. The minimum atomic E-state index is -0.411. The number of nitrogens with one attached hydrogen (secondary N) is 1. The molecule has 0 aliphatic rings. The van der Waals surface area contributed by atoms with Gasteiger partial charge in [0.05, 0.1) is 12.7 Å². The zero-order chi connectivity index (χ0) is 12.0. The van der Waals surface area contributed by atoms with E-state index in [2.05, 4.69) is 10.1 Å². The highest BCUT2D eigenvalue weighted by Gasteiger charge is 2.10. The van der Waals surface area contributed by atoms with E-state index in [0.717, 1.165) is 18.0 Å². The number of esters is 1. The summed E-state index contributed by atoms with van der Waals surface area (Å²) >= 11 is 1.76. The molecule has 0 radical (unpaired) electrons. The van der Waals surface area contributed by atoms with Gasteiger partial charge in [-0.25, -0.2) is 4.79 Å². The quantitative estimate of drug-likeness (QED) is 0.467. The molecule has 1 rings (SSSR count). The predicted octanol–water partition coefficient (Wildman–Crippen LogP) is 1.83. The first-order valence-electron chi connectivity index (χ1n) is 4.89. The highest BCUT2D eigenvalue weighted by Crippen LogP contribution is 2.18. The van der Waals surface area contributed by atoms with Crippen LogP contribution in [0.25, 0.3) is 0 Å². The zero-order valence-corrected chi connectivity index (χ0v) is 10.3. The van der Waals surface area contributed by atoms with Crippen molar-refractivity contribution in [3.8, 4) is 0 Å². The maximum absolute atomic E-state index is 11.4. The van der Waals surface area contributed by atoms with Crippen LogP contribution in [0.5, 0.6) is 0 Å². The van der Waals surface area contributed by atoms with Crippen molar-refractivity contribution in [3.05, 3.63) is 23.8 Å². The molecule has 0 atom stereocenters. The van der Waals surface area contributed by atoms with Crippen LogP contribution in [0.4, 0.5) is 11.4 Å². The van der Waals surface area contributed by atoms with E-state index in [9.17, 15) is 4.79 Å². The molecule has 1 aromatic carbocycles. The molecule has 0 amide bonds. The van der Waals surface area contributed by atoms with Crippen LogP contribution < -0.4 is 11.1 Å². The molecule has 3 N–H and O–H groups in total. The molecular weight excluding hydrogens is 224 g/mol. The van der Waals surface area contributed by atoms with Crippen molar-refractivity contribution < 1.29 is 9.53 Å². The molecule has 0 fully saturated rings. The van der Waals surface area contributed by atoms with Gasteiger partial charge in [-0.3, -0.25) is 0 Å². The zero-order valence-electron chi connectivity index (χ0n) is 9.45. The number of anilines is 2. The summed E-state index contributed by atoms with van der Waals surface area (Å²) < 4.78 is 4.65. The van der Waals surface area contributed by atoms with Crippen LogP contribution in [0, 0.1) is 0 Å². The summed E-state index contributed by atoms with van der Waals surface area (Å²) in [7, 11) is 1.34. The Hall–Kier alpha value is -1.36. The summed E-state index contributed by atoms with van der Waals surface area (Å²) in [6.45, 7) is 0.853. The van der Waals surface area contributed by atoms with E-state index in [1.165, 1.54) is 7.11 Å². The van der Waals surface area contributed by atoms with Crippen molar-refractivity contribution in [2.75, 3.05) is 36.7 Å². The van der Waals surface area contributed by atoms with Gasteiger partial charge < -0.3 is 15.8 Å². The molecule has 0 saturated heterocycles. The molecule has 0 aromatic heterocycles. The highest BCUT2D eigenvalue weighted by molar-refractivity contribution is 7.98. The van der Waals surface area contributed by atoms with Crippen LogP contribution in [-0.4, -0.2) is 31.6 Å². The number of rotatable bonds is 5. The average Bonchev–Trinajstić information content (AvgIpc) is 2.30. The van der Waals surface area contributed by atoms with Gasteiger partial charge in [0.2, 0.25) is 0 Å². The first-order valence-corrected chi connectivity index (χ1v) is 6.29. The second kappa shape index (κ2) is 6.27.